The van der Waals surface area contributed by atoms with E-state index < -0.39 is 0 Å². The van der Waals surface area contributed by atoms with Crippen molar-refractivity contribution >= 4 is 34.1 Å². The van der Waals surface area contributed by atoms with Crippen molar-refractivity contribution in [2.45, 2.75) is 32.0 Å². The third-order valence-corrected chi connectivity index (χ3v) is 7.50. The van der Waals surface area contributed by atoms with E-state index in [0.717, 1.165) is 28.3 Å². The molecule has 7 heteroatoms. The zero-order chi connectivity index (χ0) is 25.4. The summed E-state index contributed by atoms with van der Waals surface area (Å²) in [5, 5.41) is 0.752. The predicted octanol–water partition coefficient (Wildman–Crippen LogP) is 5.83. The predicted molar refractivity (Wildman–Crippen MR) is 146 cm³/mol. The van der Waals surface area contributed by atoms with Gasteiger partial charge in [0.25, 0.3) is 11.4 Å². The normalized spacial score (nSPS) is 19.2. The lowest BCUT2D eigenvalue weighted by Gasteiger charge is -2.48. The van der Waals surface area contributed by atoms with Gasteiger partial charge in [0.1, 0.15) is 0 Å². The minimum absolute atomic E-state index is 0.00623. The fraction of sp³-hybridized carbons (Fsp3) is 0.276. The molecule has 1 saturated heterocycles. The van der Waals surface area contributed by atoms with Crippen molar-refractivity contribution in [3.8, 4) is 0 Å². The highest BCUT2D eigenvalue weighted by Crippen LogP contribution is 2.38. The largest absolute Gasteiger partial charge is 0.362 e. The fourth-order valence-electron chi connectivity index (χ4n) is 5.31. The molecule has 0 saturated carbocycles. The van der Waals surface area contributed by atoms with Crippen molar-refractivity contribution in [3.63, 3.8) is 0 Å². The summed E-state index contributed by atoms with van der Waals surface area (Å²) in [4.78, 5) is 25.7. The smallest absolute Gasteiger partial charge is 0.270 e. The van der Waals surface area contributed by atoms with Gasteiger partial charge in [0.05, 0.1) is 17.2 Å². The second-order valence-electron chi connectivity index (χ2n) is 9.46. The maximum Gasteiger partial charge on any atom is 0.270 e. The highest BCUT2D eigenvalue weighted by atomic mass is 35.5. The first kappa shape index (κ1) is 24.1. The molecule has 2 aromatic heterocycles. The topological polar surface area (TPSA) is 45.7 Å². The number of fused-ring (bicyclic) bond motifs is 1. The Bertz CT molecular complexity index is 1510. The maximum absolute atomic E-state index is 12.8. The Morgan fingerprint density at radius 3 is 2.44 bits per heavy atom. The fourth-order valence-corrected chi connectivity index (χ4v) is 5.55. The van der Waals surface area contributed by atoms with Crippen LogP contribution in [0.3, 0.4) is 0 Å². The van der Waals surface area contributed by atoms with E-state index in [-0.39, 0.29) is 23.7 Å². The number of benzene rings is 2. The van der Waals surface area contributed by atoms with E-state index in [1.807, 2.05) is 30.3 Å². The number of aryl methyl sites for hydroxylation is 1. The van der Waals surface area contributed by atoms with Crippen LogP contribution in [0.25, 0.3) is 15.9 Å². The number of nitrogens with zero attached hydrogens (tertiary/aromatic N) is 5. The van der Waals surface area contributed by atoms with E-state index in [0.29, 0.717) is 17.9 Å². The van der Waals surface area contributed by atoms with Gasteiger partial charge in [-0.1, -0.05) is 66.7 Å². The third-order valence-electron chi connectivity index (χ3n) is 7.16. The number of hydrogen-bond donors (Lipinski definition) is 0. The molecule has 0 amide bonds. The van der Waals surface area contributed by atoms with Gasteiger partial charge in [0.2, 0.25) is 5.52 Å². The number of hydrogen-bond acceptors (Lipinski definition) is 4. The average Bonchev–Trinajstić information content (AvgIpc) is 2.89. The van der Waals surface area contributed by atoms with Crippen LogP contribution >= 0.6 is 11.6 Å². The summed E-state index contributed by atoms with van der Waals surface area (Å²) < 4.78 is 1.59. The molecule has 0 N–H and O–H groups in total. The Morgan fingerprint density at radius 1 is 1.00 bits per heavy atom. The van der Waals surface area contributed by atoms with Crippen LogP contribution in [0.2, 0.25) is 5.02 Å². The summed E-state index contributed by atoms with van der Waals surface area (Å²) in [6.45, 7) is 13.3. The molecule has 6 nitrogen and oxygen atoms in total. The lowest BCUT2D eigenvalue weighted by atomic mass is 9.93. The molecule has 4 aromatic rings. The van der Waals surface area contributed by atoms with Gasteiger partial charge < -0.3 is 14.3 Å². The van der Waals surface area contributed by atoms with Gasteiger partial charge in [0, 0.05) is 43.3 Å². The molecule has 0 aliphatic carbocycles. The van der Waals surface area contributed by atoms with Gasteiger partial charge in [-0.2, -0.15) is 0 Å². The van der Waals surface area contributed by atoms with E-state index in [4.69, 9.17) is 18.2 Å². The third kappa shape index (κ3) is 4.26. The lowest BCUT2D eigenvalue weighted by Crippen LogP contribution is -2.57. The highest BCUT2D eigenvalue weighted by molar-refractivity contribution is 6.31. The summed E-state index contributed by atoms with van der Waals surface area (Å²) >= 11 is 6.72. The number of rotatable bonds is 4. The number of halogens is 1. The van der Waals surface area contributed by atoms with Crippen LogP contribution in [0.5, 0.6) is 0 Å². The van der Waals surface area contributed by atoms with Crippen LogP contribution in [-0.4, -0.2) is 39.6 Å². The number of pyridine rings is 2. The summed E-state index contributed by atoms with van der Waals surface area (Å²) in [7, 11) is 1.74. The van der Waals surface area contributed by atoms with Crippen LogP contribution in [0.1, 0.15) is 31.0 Å². The maximum atomic E-state index is 12.8. The minimum atomic E-state index is -0.0876. The second kappa shape index (κ2) is 9.77. The van der Waals surface area contributed by atoms with E-state index in [2.05, 4.69) is 63.8 Å². The molecule has 1 aliphatic rings. The van der Waals surface area contributed by atoms with E-state index in [1.54, 1.807) is 23.7 Å². The molecule has 36 heavy (non-hydrogen) atoms. The van der Waals surface area contributed by atoms with Crippen LogP contribution in [0, 0.1) is 6.57 Å². The monoisotopic (exact) mass is 497 g/mol. The Morgan fingerprint density at radius 2 is 1.72 bits per heavy atom. The van der Waals surface area contributed by atoms with Crippen LogP contribution in [-0.2, 0) is 7.05 Å². The molecule has 1 aliphatic heterocycles. The molecule has 5 rings (SSSR count). The van der Waals surface area contributed by atoms with Gasteiger partial charge in [-0.05, 0) is 43.2 Å². The second-order valence-corrected chi connectivity index (χ2v) is 9.86. The Hall–Kier alpha value is -3.66. The molecular weight excluding hydrogens is 470 g/mol. The summed E-state index contributed by atoms with van der Waals surface area (Å²) in [6, 6.07) is 23.9. The van der Waals surface area contributed by atoms with Crippen molar-refractivity contribution in [3.05, 3.63) is 111 Å². The minimum Gasteiger partial charge on any atom is -0.362 e. The Labute approximate surface area is 216 Å². The van der Waals surface area contributed by atoms with E-state index in [9.17, 15) is 4.79 Å². The van der Waals surface area contributed by atoms with E-state index in [1.165, 1.54) is 5.56 Å². The summed E-state index contributed by atoms with van der Waals surface area (Å²) in [6.07, 6.45) is 0. The first-order valence-corrected chi connectivity index (χ1v) is 12.5. The molecule has 2 aromatic carbocycles. The van der Waals surface area contributed by atoms with Crippen LogP contribution in [0.4, 0.5) is 11.5 Å². The lowest BCUT2D eigenvalue weighted by molar-refractivity contribution is 0.130. The molecule has 1 fully saturated rings. The molecular formula is C29H28ClN5O. The molecule has 0 bridgehead atoms. The first-order chi connectivity index (χ1) is 17.4. The summed E-state index contributed by atoms with van der Waals surface area (Å²) in [5.74, 6) is 0.324. The van der Waals surface area contributed by atoms with E-state index >= 15 is 0 Å². The van der Waals surface area contributed by atoms with Crippen molar-refractivity contribution in [2.75, 3.05) is 18.0 Å². The zero-order valence-electron chi connectivity index (χ0n) is 20.6. The standard InChI is InChI=1S/C29H28ClN5O/c1-19-18-35(29(21-10-6-5-7-11-21)22-12-8-9-13-23(22)30)20(2)17-34(19)25-16-27(36)33(4)24-14-15-26(31-3)32-28(24)25/h5-16,19-20,29H,17-18H2,1-2,4H3/t19-,20+,29?/m0/s1. The van der Waals surface area contributed by atoms with Crippen molar-refractivity contribution in [1.82, 2.24) is 14.5 Å². The van der Waals surface area contributed by atoms with Crippen LogP contribution < -0.4 is 10.5 Å². The van der Waals surface area contributed by atoms with Crippen molar-refractivity contribution in [1.29, 1.82) is 0 Å². The first-order valence-electron chi connectivity index (χ1n) is 12.1. The number of piperazine rings is 1. The van der Waals surface area contributed by atoms with Gasteiger partial charge in [-0.25, -0.2) is 0 Å². The van der Waals surface area contributed by atoms with Gasteiger partial charge in [0.15, 0.2) is 0 Å². The summed E-state index contributed by atoms with van der Waals surface area (Å²) in [5.41, 5.74) is 4.39. The van der Waals surface area contributed by atoms with Gasteiger partial charge >= 0.3 is 0 Å². The van der Waals surface area contributed by atoms with Crippen molar-refractivity contribution < 1.29 is 0 Å². The van der Waals surface area contributed by atoms with Gasteiger partial charge in [-0.15, -0.1) is 4.98 Å². The number of aromatic nitrogens is 2. The Balaban J connectivity index is 1.57. The molecule has 0 radical (unpaired) electrons. The van der Waals surface area contributed by atoms with Gasteiger partial charge in [-0.3, -0.25) is 9.69 Å². The molecule has 1 unspecified atom stereocenters. The highest BCUT2D eigenvalue weighted by Gasteiger charge is 2.36. The Kier molecular flexibility index (Phi) is 6.53. The zero-order valence-corrected chi connectivity index (χ0v) is 21.4. The van der Waals surface area contributed by atoms with Crippen LogP contribution in [0.15, 0.2) is 77.6 Å². The SMILES string of the molecule is [C-]#[N+]c1ccc2c(n1)c(N1C[C@@H](C)N(C(c3ccccc3)c3ccccc3Cl)C[C@@H]1C)cc(=O)n2C. The molecule has 182 valence electrons. The molecule has 0 spiro atoms. The quantitative estimate of drug-likeness (QED) is 0.333. The average molecular weight is 498 g/mol. The van der Waals surface area contributed by atoms with Crippen molar-refractivity contribution in [2.24, 2.45) is 7.05 Å². The number of anilines is 1. The molecule has 3 heterocycles. The molecule has 3 atom stereocenters.